The van der Waals surface area contributed by atoms with E-state index in [0.29, 0.717) is 18.7 Å². The van der Waals surface area contributed by atoms with Gasteiger partial charge in [0, 0.05) is 13.1 Å². The number of hydrogen-bond acceptors (Lipinski definition) is 4. The summed E-state index contributed by atoms with van der Waals surface area (Å²) in [7, 11) is -1.53. The van der Waals surface area contributed by atoms with Crippen molar-refractivity contribution < 1.29 is 13.5 Å². The van der Waals surface area contributed by atoms with Crippen LogP contribution in [0, 0.1) is 0 Å². The Hall–Kier alpha value is -0.950. The highest BCUT2D eigenvalue weighted by Crippen LogP contribution is 2.15. The van der Waals surface area contributed by atoms with E-state index in [9.17, 15) is 13.5 Å². The van der Waals surface area contributed by atoms with Crippen molar-refractivity contribution in [3.63, 3.8) is 0 Å². The molecule has 5 nitrogen and oxygen atoms in total. The molecule has 0 heterocycles. The fourth-order valence-electron chi connectivity index (χ4n) is 1.54. The Morgan fingerprint density at radius 1 is 1.32 bits per heavy atom. The zero-order chi connectivity index (χ0) is 14.5. The standard InChI is InChI=1S/C13H22N2O3S/c1-4-15(3)10-9-14-19(17,18)13-7-5-12(6-8-13)11(2)16/h5-8,11,14,16H,4,9-10H2,1-3H3. The van der Waals surface area contributed by atoms with Crippen molar-refractivity contribution in [2.24, 2.45) is 0 Å². The van der Waals surface area contributed by atoms with E-state index < -0.39 is 16.1 Å². The van der Waals surface area contributed by atoms with Crippen molar-refractivity contribution in [1.29, 1.82) is 0 Å². The molecule has 0 fully saturated rings. The zero-order valence-corrected chi connectivity index (χ0v) is 12.4. The zero-order valence-electron chi connectivity index (χ0n) is 11.6. The van der Waals surface area contributed by atoms with Gasteiger partial charge in [0.15, 0.2) is 0 Å². The van der Waals surface area contributed by atoms with E-state index in [0.717, 1.165) is 6.54 Å². The van der Waals surface area contributed by atoms with E-state index >= 15 is 0 Å². The van der Waals surface area contributed by atoms with Crippen LogP contribution in [0.1, 0.15) is 25.5 Å². The Morgan fingerprint density at radius 3 is 2.37 bits per heavy atom. The molecule has 0 aliphatic carbocycles. The van der Waals surface area contributed by atoms with Crippen molar-refractivity contribution in [3.8, 4) is 0 Å². The SMILES string of the molecule is CCN(C)CCNS(=O)(=O)c1ccc(C(C)O)cc1. The molecule has 0 saturated heterocycles. The predicted octanol–water partition coefficient (Wildman–Crippen LogP) is 0.970. The van der Waals surface area contributed by atoms with Gasteiger partial charge >= 0.3 is 0 Å². The van der Waals surface area contributed by atoms with Gasteiger partial charge in [-0.05, 0) is 38.2 Å². The van der Waals surface area contributed by atoms with Crippen molar-refractivity contribution in [1.82, 2.24) is 9.62 Å². The maximum absolute atomic E-state index is 12.0. The third-order valence-electron chi connectivity index (χ3n) is 3.00. The van der Waals surface area contributed by atoms with E-state index in [2.05, 4.69) is 4.72 Å². The topological polar surface area (TPSA) is 69.6 Å². The smallest absolute Gasteiger partial charge is 0.240 e. The molecule has 0 amide bonds. The van der Waals surface area contributed by atoms with Crippen LogP contribution < -0.4 is 4.72 Å². The minimum Gasteiger partial charge on any atom is -0.389 e. The van der Waals surface area contributed by atoms with E-state index in [1.807, 2.05) is 18.9 Å². The minimum atomic E-state index is -3.46. The molecule has 0 saturated carbocycles. The summed E-state index contributed by atoms with van der Waals surface area (Å²) in [5, 5.41) is 9.38. The number of likely N-dealkylation sites (N-methyl/N-ethyl adjacent to an activating group) is 1. The summed E-state index contributed by atoms with van der Waals surface area (Å²) in [4.78, 5) is 2.25. The summed E-state index contributed by atoms with van der Waals surface area (Å²) >= 11 is 0. The molecule has 19 heavy (non-hydrogen) atoms. The molecule has 1 aromatic rings. The van der Waals surface area contributed by atoms with Gasteiger partial charge in [0.1, 0.15) is 0 Å². The lowest BCUT2D eigenvalue weighted by molar-refractivity contribution is 0.199. The second-order valence-corrected chi connectivity index (χ2v) is 6.31. The normalized spacial score (nSPS) is 13.7. The molecule has 0 spiro atoms. The third-order valence-corrected chi connectivity index (χ3v) is 4.48. The highest BCUT2D eigenvalue weighted by atomic mass is 32.2. The number of aliphatic hydroxyl groups is 1. The van der Waals surface area contributed by atoms with Gasteiger partial charge in [-0.15, -0.1) is 0 Å². The highest BCUT2D eigenvalue weighted by molar-refractivity contribution is 7.89. The number of aliphatic hydroxyl groups excluding tert-OH is 1. The summed E-state index contributed by atoms with van der Waals surface area (Å²) in [6.45, 7) is 5.59. The first-order valence-corrected chi connectivity index (χ1v) is 7.81. The Kier molecular flexibility index (Phi) is 5.93. The molecule has 1 unspecified atom stereocenters. The number of nitrogens with zero attached hydrogens (tertiary/aromatic N) is 1. The van der Waals surface area contributed by atoms with Crippen molar-refractivity contribution >= 4 is 10.0 Å². The third kappa shape index (κ3) is 4.91. The number of nitrogens with one attached hydrogen (secondary N) is 1. The van der Waals surface area contributed by atoms with Crippen LogP contribution >= 0.6 is 0 Å². The molecule has 1 aromatic carbocycles. The van der Waals surface area contributed by atoms with E-state index in [-0.39, 0.29) is 4.90 Å². The number of benzene rings is 1. The van der Waals surface area contributed by atoms with Gasteiger partial charge in [0.2, 0.25) is 10.0 Å². The number of hydrogen-bond donors (Lipinski definition) is 2. The first-order chi connectivity index (χ1) is 8.86. The summed E-state index contributed by atoms with van der Waals surface area (Å²) < 4.78 is 26.5. The molecule has 1 atom stereocenters. The quantitative estimate of drug-likeness (QED) is 0.783. The molecule has 0 aliphatic heterocycles. The number of sulfonamides is 1. The molecule has 0 aromatic heterocycles. The molecule has 1 rings (SSSR count). The molecule has 2 N–H and O–H groups in total. The monoisotopic (exact) mass is 286 g/mol. The van der Waals surface area contributed by atoms with Crippen LogP contribution in [0.5, 0.6) is 0 Å². The second-order valence-electron chi connectivity index (χ2n) is 4.54. The lowest BCUT2D eigenvalue weighted by atomic mass is 10.1. The fraction of sp³-hybridized carbons (Fsp3) is 0.538. The maximum Gasteiger partial charge on any atom is 0.240 e. The first kappa shape index (κ1) is 16.1. The van der Waals surface area contributed by atoms with Gasteiger partial charge in [-0.1, -0.05) is 19.1 Å². The molecule has 108 valence electrons. The van der Waals surface area contributed by atoms with E-state index in [1.165, 1.54) is 12.1 Å². The van der Waals surface area contributed by atoms with Gasteiger partial charge < -0.3 is 10.0 Å². The summed E-state index contributed by atoms with van der Waals surface area (Å²) in [5.41, 5.74) is 0.699. The van der Waals surface area contributed by atoms with E-state index in [1.54, 1.807) is 19.1 Å². The maximum atomic E-state index is 12.0. The van der Waals surface area contributed by atoms with Crippen LogP contribution in [-0.2, 0) is 10.0 Å². The average Bonchev–Trinajstić information content (AvgIpc) is 2.38. The van der Waals surface area contributed by atoms with E-state index in [4.69, 9.17) is 0 Å². The minimum absolute atomic E-state index is 0.219. The van der Waals surface area contributed by atoms with Crippen LogP contribution in [0.15, 0.2) is 29.2 Å². The summed E-state index contributed by atoms with van der Waals surface area (Å²) in [6.07, 6.45) is -0.595. The molecular formula is C13H22N2O3S. The van der Waals surface area contributed by atoms with Crippen molar-refractivity contribution in [2.75, 3.05) is 26.7 Å². The van der Waals surface area contributed by atoms with Crippen LogP contribution in [-0.4, -0.2) is 45.1 Å². The van der Waals surface area contributed by atoms with Crippen LogP contribution in [0.25, 0.3) is 0 Å². The summed E-state index contributed by atoms with van der Waals surface area (Å²) in [6, 6.07) is 6.26. The molecule has 6 heteroatoms. The van der Waals surface area contributed by atoms with Gasteiger partial charge in [-0.25, -0.2) is 13.1 Å². The molecule has 0 aliphatic rings. The Morgan fingerprint density at radius 2 is 1.89 bits per heavy atom. The average molecular weight is 286 g/mol. The Balaban J connectivity index is 2.67. The Bertz CT molecular complexity index is 483. The lowest BCUT2D eigenvalue weighted by Crippen LogP contribution is -2.32. The Labute approximate surface area is 115 Å². The van der Waals surface area contributed by atoms with Crippen LogP contribution in [0.2, 0.25) is 0 Å². The lowest BCUT2D eigenvalue weighted by Gasteiger charge is -2.14. The van der Waals surface area contributed by atoms with Gasteiger partial charge in [-0.2, -0.15) is 0 Å². The largest absolute Gasteiger partial charge is 0.389 e. The number of rotatable bonds is 7. The highest BCUT2D eigenvalue weighted by Gasteiger charge is 2.13. The van der Waals surface area contributed by atoms with Crippen molar-refractivity contribution in [2.45, 2.75) is 24.8 Å². The first-order valence-electron chi connectivity index (χ1n) is 6.33. The molecular weight excluding hydrogens is 264 g/mol. The second kappa shape index (κ2) is 7.00. The van der Waals surface area contributed by atoms with Gasteiger partial charge in [-0.3, -0.25) is 0 Å². The molecule has 0 radical (unpaired) electrons. The summed E-state index contributed by atoms with van der Waals surface area (Å²) in [5.74, 6) is 0. The van der Waals surface area contributed by atoms with Crippen LogP contribution in [0.3, 0.4) is 0 Å². The van der Waals surface area contributed by atoms with Gasteiger partial charge in [0.05, 0.1) is 11.0 Å². The fourth-order valence-corrected chi connectivity index (χ4v) is 2.56. The molecule has 0 bridgehead atoms. The van der Waals surface area contributed by atoms with Crippen molar-refractivity contribution in [3.05, 3.63) is 29.8 Å². The van der Waals surface area contributed by atoms with Gasteiger partial charge in [0.25, 0.3) is 0 Å². The predicted molar refractivity (Wildman–Crippen MR) is 75.4 cm³/mol. The van der Waals surface area contributed by atoms with Crippen LogP contribution in [0.4, 0.5) is 0 Å².